The Morgan fingerprint density at radius 3 is 2.52 bits per heavy atom. The predicted molar refractivity (Wildman–Crippen MR) is 85.2 cm³/mol. The molecule has 1 unspecified atom stereocenters. The molecule has 1 aromatic carbocycles. The van der Waals surface area contributed by atoms with Crippen molar-refractivity contribution in [3.8, 4) is 0 Å². The molecule has 1 aliphatic rings. The highest BCUT2D eigenvalue weighted by Gasteiger charge is 2.34. The van der Waals surface area contributed by atoms with Crippen molar-refractivity contribution in [3.63, 3.8) is 0 Å². The summed E-state index contributed by atoms with van der Waals surface area (Å²) < 4.78 is 26.9. The third kappa shape index (κ3) is 3.36. The molecule has 0 bridgehead atoms. The Morgan fingerprint density at radius 1 is 1.33 bits per heavy atom. The van der Waals surface area contributed by atoms with Crippen LogP contribution in [0.3, 0.4) is 0 Å². The largest absolute Gasteiger partial charge is 0.326 e. The summed E-state index contributed by atoms with van der Waals surface area (Å²) in [5, 5.41) is 0.513. The molecule has 8 heteroatoms. The Hall–Kier alpha value is -0.370. The van der Waals surface area contributed by atoms with Gasteiger partial charge in [0.2, 0.25) is 10.0 Å². The summed E-state index contributed by atoms with van der Waals surface area (Å²) >= 11 is 12.1. The first-order valence-corrected chi connectivity index (χ1v) is 8.81. The zero-order chi connectivity index (χ0) is 15.8. The topological polar surface area (TPSA) is 66.6 Å². The van der Waals surface area contributed by atoms with Crippen molar-refractivity contribution in [2.75, 3.05) is 27.2 Å². The molecule has 0 aliphatic carbocycles. The van der Waals surface area contributed by atoms with Crippen molar-refractivity contribution < 1.29 is 8.42 Å². The van der Waals surface area contributed by atoms with Gasteiger partial charge in [-0.3, -0.25) is 0 Å². The van der Waals surface area contributed by atoms with Crippen LogP contribution in [0.25, 0.3) is 0 Å². The van der Waals surface area contributed by atoms with Crippen molar-refractivity contribution in [3.05, 3.63) is 27.7 Å². The Balaban J connectivity index is 2.37. The highest BCUT2D eigenvalue weighted by Crippen LogP contribution is 2.32. The molecule has 5 nitrogen and oxygen atoms in total. The monoisotopic (exact) mass is 351 g/mol. The summed E-state index contributed by atoms with van der Waals surface area (Å²) in [7, 11) is 0.269. The van der Waals surface area contributed by atoms with E-state index in [1.165, 1.54) is 16.4 Å². The van der Waals surface area contributed by atoms with Gasteiger partial charge in [-0.05, 0) is 38.2 Å². The second-order valence-electron chi connectivity index (χ2n) is 5.35. The lowest BCUT2D eigenvalue weighted by Crippen LogP contribution is -2.34. The molecule has 2 rings (SSSR count). The predicted octanol–water partition coefficient (Wildman–Crippen LogP) is 1.78. The molecule has 0 amide bonds. The van der Waals surface area contributed by atoms with Gasteiger partial charge in [0, 0.05) is 30.7 Å². The molecule has 21 heavy (non-hydrogen) atoms. The van der Waals surface area contributed by atoms with Crippen molar-refractivity contribution in [1.82, 2.24) is 9.21 Å². The van der Waals surface area contributed by atoms with Crippen LogP contribution >= 0.6 is 23.2 Å². The molecule has 1 aliphatic heterocycles. The van der Waals surface area contributed by atoms with Gasteiger partial charge in [-0.15, -0.1) is 0 Å². The summed E-state index contributed by atoms with van der Waals surface area (Å²) in [5.74, 6) is 0. The molecule has 0 radical (unpaired) electrons. The second kappa shape index (κ2) is 6.40. The van der Waals surface area contributed by atoms with E-state index in [2.05, 4.69) is 0 Å². The number of likely N-dealkylation sites (N-methyl/N-ethyl adjacent to an activating group) is 1. The lowest BCUT2D eigenvalue weighted by Gasteiger charge is -2.21. The van der Waals surface area contributed by atoms with Crippen molar-refractivity contribution >= 4 is 33.2 Å². The van der Waals surface area contributed by atoms with Gasteiger partial charge in [0.05, 0.1) is 5.02 Å². The minimum Gasteiger partial charge on any atom is -0.326 e. The maximum atomic E-state index is 12.7. The SMILES string of the molecule is CN(C)C1CCN(S(=O)(=O)c2cc(CN)c(Cl)cc2Cl)C1. The molecule has 1 fully saturated rings. The van der Waals surface area contributed by atoms with Crippen molar-refractivity contribution in [2.45, 2.75) is 23.9 Å². The van der Waals surface area contributed by atoms with E-state index < -0.39 is 10.0 Å². The smallest absolute Gasteiger partial charge is 0.244 e. The lowest BCUT2D eigenvalue weighted by molar-refractivity contribution is 0.302. The molecular formula is C13H19Cl2N3O2S. The number of halogens is 2. The highest BCUT2D eigenvalue weighted by atomic mass is 35.5. The molecule has 118 valence electrons. The maximum absolute atomic E-state index is 12.7. The fraction of sp³-hybridized carbons (Fsp3) is 0.538. The van der Waals surface area contributed by atoms with Crippen LogP contribution in [0.15, 0.2) is 17.0 Å². The van der Waals surface area contributed by atoms with Gasteiger partial charge in [0.15, 0.2) is 0 Å². The Morgan fingerprint density at radius 2 is 2.00 bits per heavy atom. The third-order valence-corrected chi connectivity index (χ3v) is 6.48. The number of hydrogen-bond donors (Lipinski definition) is 1. The molecule has 1 atom stereocenters. The van der Waals surface area contributed by atoms with Gasteiger partial charge >= 0.3 is 0 Å². The van der Waals surface area contributed by atoms with E-state index >= 15 is 0 Å². The molecule has 0 aromatic heterocycles. The van der Waals surface area contributed by atoms with E-state index in [1.54, 1.807) is 0 Å². The first-order valence-electron chi connectivity index (χ1n) is 6.62. The van der Waals surface area contributed by atoms with Crippen LogP contribution < -0.4 is 5.73 Å². The van der Waals surface area contributed by atoms with E-state index in [-0.39, 0.29) is 22.5 Å². The van der Waals surface area contributed by atoms with Crippen LogP contribution in [0.5, 0.6) is 0 Å². The Labute approximate surface area is 135 Å². The van der Waals surface area contributed by atoms with E-state index in [9.17, 15) is 8.42 Å². The van der Waals surface area contributed by atoms with Crippen molar-refractivity contribution in [2.24, 2.45) is 5.73 Å². The van der Waals surface area contributed by atoms with Gasteiger partial charge in [0.25, 0.3) is 0 Å². The quantitative estimate of drug-likeness (QED) is 0.897. The first kappa shape index (κ1) is 17.0. The fourth-order valence-corrected chi connectivity index (χ4v) is 4.76. The van der Waals surface area contributed by atoms with Crippen LogP contribution in [-0.4, -0.2) is 50.8 Å². The molecule has 2 N–H and O–H groups in total. The standard InChI is InChI=1S/C13H19Cl2N3O2S/c1-17(2)10-3-4-18(8-10)21(19,20)13-5-9(7-16)11(14)6-12(13)15/h5-6,10H,3-4,7-8,16H2,1-2H3. The number of sulfonamides is 1. The number of benzene rings is 1. The molecule has 1 aromatic rings. The Bertz CT molecular complexity index is 635. The minimum absolute atomic E-state index is 0.0772. The van der Waals surface area contributed by atoms with Gasteiger partial charge in [0.1, 0.15) is 4.90 Å². The molecular weight excluding hydrogens is 333 g/mol. The zero-order valence-corrected chi connectivity index (χ0v) is 14.3. The fourth-order valence-electron chi connectivity index (χ4n) is 2.41. The van der Waals surface area contributed by atoms with Gasteiger partial charge in [-0.25, -0.2) is 8.42 Å². The van der Waals surface area contributed by atoms with Gasteiger partial charge < -0.3 is 10.6 Å². The summed E-state index contributed by atoms with van der Waals surface area (Å²) in [6, 6.07) is 3.14. The summed E-state index contributed by atoms with van der Waals surface area (Å²) in [5.41, 5.74) is 6.16. The average molecular weight is 352 g/mol. The van der Waals surface area contributed by atoms with Crippen LogP contribution in [-0.2, 0) is 16.6 Å². The van der Waals surface area contributed by atoms with E-state index in [4.69, 9.17) is 28.9 Å². The van der Waals surface area contributed by atoms with E-state index in [1.807, 2.05) is 19.0 Å². The normalized spacial score (nSPS) is 20.4. The Kier molecular flexibility index (Phi) is 5.18. The highest BCUT2D eigenvalue weighted by molar-refractivity contribution is 7.89. The molecule has 0 spiro atoms. The zero-order valence-electron chi connectivity index (χ0n) is 12.0. The summed E-state index contributed by atoms with van der Waals surface area (Å²) in [6.45, 7) is 1.12. The van der Waals surface area contributed by atoms with Gasteiger partial charge in [-0.1, -0.05) is 23.2 Å². The number of nitrogens with zero attached hydrogens (tertiary/aromatic N) is 2. The minimum atomic E-state index is -3.62. The third-order valence-electron chi connectivity index (χ3n) is 3.80. The van der Waals surface area contributed by atoms with Crippen LogP contribution in [0.1, 0.15) is 12.0 Å². The number of rotatable bonds is 4. The molecule has 1 heterocycles. The lowest BCUT2D eigenvalue weighted by atomic mass is 10.2. The van der Waals surface area contributed by atoms with E-state index in [0.29, 0.717) is 23.7 Å². The van der Waals surface area contributed by atoms with Crippen LogP contribution in [0.2, 0.25) is 10.0 Å². The van der Waals surface area contributed by atoms with Gasteiger partial charge in [-0.2, -0.15) is 4.31 Å². The molecule has 1 saturated heterocycles. The first-order chi connectivity index (χ1) is 9.77. The van der Waals surface area contributed by atoms with Crippen LogP contribution in [0.4, 0.5) is 0 Å². The van der Waals surface area contributed by atoms with E-state index in [0.717, 1.165) is 6.42 Å². The summed E-state index contributed by atoms with van der Waals surface area (Å²) in [6.07, 6.45) is 0.807. The average Bonchev–Trinajstić information content (AvgIpc) is 2.89. The maximum Gasteiger partial charge on any atom is 0.244 e. The van der Waals surface area contributed by atoms with Crippen LogP contribution in [0, 0.1) is 0 Å². The second-order valence-corrected chi connectivity index (χ2v) is 8.07. The van der Waals surface area contributed by atoms with Crippen molar-refractivity contribution in [1.29, 1.82) is 0 Å². The number of nitrogens with two attached hydrogens (primary N) is 1. The summed E-state index contributed by atoms with van der Waals surface area (Å²) in [4.78, 5) is 2.11. The number of hydrogen-bond acceptors (Lipinski definition) is 4. The molecule has 0 saturated carbocycles.